The number of ketones is 1. The van der Waals surface area contributed by atoms with Gasteiger partial charge >= 0.3 is 0 Å². The minimum atomic E-state index is -0.136. The number of phenols is 1. The van der Waals surface area contributed by atoms with Crippen LogP contribution in [0.1, 0.15) is 23.7 Å². The van der Waals surface area contributed by atoms with Crippen LogP contribution in [0.5, 0.6) is 17.2 Å². The normalized spacial score (nSPS) is 10.5. The summed E-state index contributed by atoms with van der Waals surface area (Å²) in [4.78, 5) is 11.9. The summed E-state index contributed by atoms with van der Waals surface area (Å²) in [5.74, 6) is 0.867. The number of Topliss-reactive ketones (excluding diaryl/α,β-unsaturated/α-hetero) is 1. The first kappa shape index (κ1) is 13.2. The maximum atomic E-state index is 11.9. The number of rotatable bonds is 4. The maximum absolute atomic E-state index is 11.9. The minimum absolute atomic E-state index is 0.0555. The van der Waals surface area contributed by atoms with Gasteiger partial charge < -0.3 is 14.6 Å². The molecular formula is C15H16O4. The second-order valence-electron chi connectivity index (χ2n) is 4.13. The maximum Gasteiger partial charge on any atom is 0.166 e. The molecule has 2 aromatic rings. The second-order valence-corrected chi connectivity index (χ2v) is 4.13. The van der Waals surface area contributed by atoms with Crippen LogP contribution >= 0.6 is 0 Å². The molecule has 0 radical (unpaired) electrons. The molecule has 0 saturated heterocycles. The fourth-order valence-corrected chi connectivity index (χ4v) is 2.13. The molecule has 4 heteroatoms. The van der Waals surface area contributed by atoms with Gasteiger partial charge in [-0.3, -0.25) is 4.79 Å². The van der Waals surface area contributed by atoms with Gasteiger partial charge in [-0.15, -0.1) is 0 Å². The molecule has 0 bridgehead atoms. The van der Waals surface area contributed by atoms with Crippen LogP contribution in [0.25, 0.3) is 10.8 Å². The molecule has 19 heavy (non-hydrogen) atoms. The average Bonchev–Trinajstić information content (AvgIpc) is 2.46. The third-order valence-electron chi connectivity index (χ3n) is 3.12. The lowest BCUT2D eigenvalue weighted by Gasteiger charge is -2.13. The lowest BCUT2D eigenvalue weighted by atomic mass is 9.99. The Bertz CT molecular complexity index is 632. The van der Waals surface area contributed by atoms with Crippen LogP contribution in [-0.2, 0) is 0 Å². The highest BCUT2D eigenvalue weighted by atomic mass is 16.5. The Morgan fingerprint density at radius 3 is 2.47 bits per heavy atom. The lowest BCUT2D eigenvalue weighted by molar-refractivity contribution is 0.0985. The number of fused-ring (bicyclic) bond motifs is 1. The summed E-state index contributed by atoms with van der Waals surface area (Å²) in [7, 11) is 3.06. The van der Waals surface area contributed by atoms with Crippen molar-refractivity contribution in [2.24, 2.45) is 0 Å². The van der Waals surface area contributed by atoms with Crippen molar-refractivity contribution in [3.8, 4) is 17.2 Å². The van der Waals surface area contributed by atoms with E-state index < -0.39 is 0 Å². The summed E-state index contributed by atoms with van der Waals surface area (Å²) in [6, 6.07) is 6.94. The van der Waals surface area contributed by atoms with Crippen LogP contribution in [0.4, 0.5) is 0 Å². The van der Waals surface area contributed by atoms with Gasteiger partial charge in [-0.05, 0) is 12.1 Å². The SMILES string of the molecule is CCC(=O)c1cc(OC)c2cccc(OC)c2c1O. The van der Waals surface area contributed by atoms with Gasteiger partial charge in [0.25, 0.3) is 0 Å². The fourth-order valence-electron chi connectivity index (χ4n) is 2.13. The number of carbonyl (C=O) groups excluding carboxylic acids is 1. The molecule has 0 saturated carbocycles. The number of carbonyl (C=O) groups is 1. The predicted molar refractivity (Wildman–Crippen MR) is 73.3 cm³/mol. The summed E-state index contributed by atoms with van der Waals surface area (Å²) < 4.78 is 10.5. The molecule has 0 heterocycles. The molecule has 0 atom stereocenters. The van der Waals surface area contributed by atoms with Crippen molar-refractivity contribution in [2.45, 2.75) is 13.3 Å². The van der Waals surface area contributed by atoms with Crippen molar-refractivity contribution >= 4 is 16.6 Å². The van der Waals surface area contributed by atoms with Gasteiger partial charge in [0, 0.05) is 11.8 Å². The molecule has 0 amide bonds. The summed E-state index contributed by atoms with van der Waals surface area (Å²) in [5, 5.41) is 11.5. The largest absolute Gasteiger partial charge is 0.506 e. The number of ether oxygens (including phenoxy) is 2. The zero-order valence-electron chi connectivity index (χ0n) is 11.2. The van der Waals surface area contributed by atoms with Crippen molar-refractivity contribution in [1.82, 2.24) is 0 Å². The Morgan fingerprint density at radius 1 is 1.21 bits per heavy atom. The summed E-state index contributed by atoms with van der Waals surface area (Å²) in [6.45, 7) is 1.75. The third-order valence-corrected chi connectivity index (χ3v) is 3.12. The zero-order valence-corrected chi connectivity index (χ0v) is 11.2. The highest BCUT2D eigenvalue weighted by molar-refractivity contribution is 6.08. The molecule has 2 aromatic carbocycles. The van der Waals surface area contributed by atoms with Crippen molar-refractivity contribution in [3.63, 3.8) is 0 Å². The standard InChI is InChI=1S/C15H16O4/c1-4-11(16)10-8-13(19-3)9-6-5-7-12(18-2)14(9)15(10)17/h5-8,17H,4H2,1-3H3. The fraction of sp³-hybridized carbons (Fsp3) is 0.267. The van der Waals surface area contributed by atoms with E-state index in [1.54, 1.807) is 19.1 Å². The topological polar surface area (TPSA) is 55.8 Å². The number of hydrogen-bond donors (Lipinski definition) is 1. The van der Waals surface area contributed by atoms with E-state index >= 15 is 0 Å². The molecule has 0 spiro atoms. The second kappa shape index (κ2) is 5.18. The molecule has 4 nitrogen and oxygen atoms in total. The Morgan fingerprint density at radius 2 is 1.89 bits per heavy atom. The van der Waals surface area contributed by atoms with E-state index in [0.717, 1.165) is 0 Å². The summed E-state index contributed by atoms with van der Waals surface area (Å²) in [5.41, 5.74) is 0.261. The van der Waals surface area contributed by atoms with E-state index in [2.05, 4.69) is 0 Å². The quantitative estimate of drug-likeness (QED) is 0.858. The van der Waals surface area contributed by atoms with E-state index in [1.165, 1.54) is 14.2 Å². The lowest BCUT2D eigenvalue weighted by Crippen LogP contribution is -2.00. The molecular weight excluding hydrogens is 244 g/mol. The van der Waals surface area contributed by atoms with Crippen molar-refractivity contribution in [1.29, 1.82) is 0 Å². The monoisotopic (exact) mass is 260 g/mol. The summed E-state index contributed by atoms with van der Waals surface area (Å²) >= 11 is 0. The van der Waals surface area contributed by atoms with E-state index in [9.17, 15) is 9.90 Å². The van der Waals surface area contributed by atoms with Crippen molar-refractivity contribution in [3.05, 3.63) is 29.8 Å². The molecule has 0 aliphatic heterocycles. The number of aromatic hydroxyl groups is 1. The van der Waals surface area contributed by atoms with Crippen LogP contribution in [0.3, 0.4) is 0 Å². The van der Waals surface area contributed by atoms with E-state index in [4.69, 9.17) is 9.47 Å². The molecule has 0 aromatic heterocycles. The Balaban J connectivity index is 2.88. The smallest absolute Gasteiger partial charge is 0.166 e. The van der Waals surface area contributed by atoms with Gasteiger partial charge in [0.2, 0.25) is 0 Å². The van der Waals surface area contributed by atoms with Gasteiger partial charge in [-0.1, -0.05) is 19.1 Å². The van der Waals surface area contributed by atoms with Gasteiger partial charge in [0.15, 0.2) is 5.78 Å². The molecule has 1 N–H and O–H groups in total. The number of hydrogen-bond acceptors (Lipinski definition) is 4. The first-order chi connectivity index (χ1) is 9.13. The van der Waals surface area contributed by atoms with Gasteiger partial charge in [-0.2, -0.15) is 0 Å². The van der Waals surface area contributed by atoms with Gasteiger partial charge in [0.05, 0.1) is 25.2 Å². The molecule has 0 fully saturated rings. The molecule has 100 valence electrons. The van der Waals surface area contributed by atoms with Gasteiger partial charge in [0.1, 0.15) is 17.2 Å². The Kier molecular flexibility index (Phi) is 3.60. The van der Waals surface area contributed by atoms with Crippen LogP contribution in [-0.4, -0.2) is 25.1 Å². The molecule has 0 unspecified atom stereocenters. The Hall–Kier alpha value is -2.23. The highest BCUT2D eigenvalue weighted by Gasteiger charge is 2.19. The van der Waals surface area contributed by atoms with E-state index in [1.807, 2.05) is 12.1 Å². The van der Waals surface area contributed by atoms with Crippen LogP contribution in [0.2, 0.25) is 0 Å². The van der Waals surface area contributed by atoms with Crippen LogP contribution in [0, 0.1) is 0 Å². The Labute approximate surface area is 111 Å². The van der Waals surface area contributed by atoms with Gasteiger partial charge in [-0.25, -0.2) is 0 Å². The average molecular weight is 260 g/mol. The zero-order chi connectivity index (χ0) is 14.0. The number of methoxy groups -OCH3 is 2. The number of phenolic OH excluding ortho intramolecular Hbond substituents is 1. The first-order valence-corrected chi connectivity index (χ1v) is 6.03. The van der Waals surface area contributed by atoms with Crippen molar-refractivity contribution in [2.75, 3.05) is 14.2 Å². The molecule has 0 aliphatic rings. The predicted octanol–water partition coefficient (Wildman–Crippen LogP) is 3.16. The molecule has 2 rings (SSSR count). The van der Waals surface area contributed by atoms with Crippen LogP contribution in [0.15, 0.2) is 24.3 Å². The highest BCUT2D eigenvalue weighted by Crippen LogP contribution is 2.41. The molecule has 0 aliphatic carbocycles. The minimum Gasteiger partial charge on any atom is -0.506 e. The van der Waals surface area contributed by atoms with E-state index in [-0.39, 0.29) is 17.1 Å². The number of benzene rings is 2. The van der Waals surface area contributed by atoms with Crippen LogP contribution < -0.4 is 9.47 Å². The van der Waals surface area contributed by atoms with E-state index in [0.29, 0.717) is 28.7 Å². The van der Waals surface area contributed by atoms with Crippen molar-refractivity contribution < 1.29 is 19.4 Å². The first-order valence-electron chi connectivity index (χ1n) is 6.03. The summed E-state index contributed by atoms with van der Waals surface area (Å²) in [6.07, 6.45) is 0.317. The third kappa shape index (κ3) is 2.10.